The zero-order valence-corrected chi connectivity index (χ0v) is 20.0. The van der Waals surface area contributed by atoms with Gasteiger partial charge in [0.1, 0.15) is 17.2 Å². The summed E-state index contributed by atoms with van der Waals surface area (Å²) in [5, 5.41) is 2.89. The van der Waals surface area contributed by atoms with Gasteiger partial charge in [0.15, 0.2) is 5.71 Å². The Morgan fingerprint density at radius 3 is 1.94 bits per heavy atom. The molecule has 0 saturated carbocycles. The minimum Gasteiger partial charge on any atom is -0.497 e. The molecule has 1 amide bonds. The standard InChI is InChI=1S/C27H26N4O4/c1-30-24(18-8-6-5-7-9-18)25(31(2)27(30)33)23(28-19-10-14-21(34-3)15-11-19)26(32)29-20-12-16-22(35-4)17-13-20/h5-17H,1-4H3,(H,29,32). The molecule has 0 aliphatic carbocycles. The maximum atomic E-state index is 13.6. The van der Waals surface area contributed by atoms with Gasteiger partial charge in [0.05, 0.1) is 25.6 Å². The number of amides is 1. The number of nitrogens with zero attached hydrogens (tertiary/aromatic N) is 3. The van der Waals surface area contributed by atoms with Gasteiger partial charge >= 0.3 is 5.69 Å². The number of aliphatic imine (C=N–C) groups is 1. The van der Waals surface area contributed by atoms with Crippen molar-refractivity contribution < 1.29 is 14.3 Å². The van der Waals surface area contributed by atoms with Gasteiger partial charge in [0, 0.05) is 25.3 Å². The van der Waals surface area contributed by atoms with Gasteiger partial charge < -0.3 is 14.8 Å². The molecule has 0 aliphatic heterocycles. The van der Waals surface area contributed by atoms with Crippen molar-refractivity contribution in [3.63, 3.8) is 0 Å². The number of rotatable bonds is 7. The normalized spacial score (nSPS) is 11.3. The molecule has 0 spiro atoms. The van der Waals surface area contributed by atoms with Gasteiger partial charge in [-0.3, -0.25) is 13.9 Å². The average molecular weight is 471 g/mol. The number of imidazole rings is 1. The van der Waals surface area contributed by atoms with Crippen LogP contribution in [-0.2, 0) is 18.9 Å². The summed E-state index contributed by atoms with van der Waals surface area (Å²) in [5.74, 6) is 0.890. The van der Waals surface area contributed by atoms with E-state index in [1.165, 1.54) is 9.13 Å². The SMILES string of the molecule is COc1ccc(N=C(C(=O)Nc2ccc(OC)cc2)c2c(-c3ccccc3)n(C)c(=O)n2C)cc1. The zero-order valence-electron chi connectivity index (χ0n) is 20.0. The van der Waals surface area contributed by atoms with E-state index >= 15 is 0 Å². The van der Waals surface area contributed by atoms with E-state index in [0.717, 1.165) is 5.56 Å². The minimum atomic E-state index is -0.454. The van der Waals surface area contributed by atoms with Crippen LogP contribution in [-0.4, -0.2) is 35.0 Å². The molecule has 1 heterocycles. The largest absolute Gasteiger partial charge is 0.497 e. The lowest BCUT2D eigenvalue weighted by Gasteiger charge is -2.12. The first kappa shape index (κ1) is 23.6. The molecule has 0 unspecified atom stereocenters. The van der Waals surface area contributed by atoms with Crippen molar-refractivity contribution in [1.82, 2.24) is 9.13 Å². The van der Waals surface area contributed by atoms with Gasteiger partial charge in [-0.15, -0.1) is 0 Å². The maximum absolute atomic E-state index is 13.6. The van der Waals surface area contributed by atoms with Gasteiger partial charge in [0.2, 0.25) is 0 Å². The lowest BCUT2D eigenvalue weighted by molar-refractivity contribution is -0.110. The van der Waals surface area contributed by atoms with Gasteiger partial charge in [-0.05, 0) is 48.5 Å². The Kier molecular flexibility index (Phi) is 6.82. The molecule has 0 bridgehead atoms. The lowest BCUT2D eigenvalue weighted by atomic mass is 10.1. The second kappa shape index (κ2) is 10.1. The molecule has 0 fully saturated rings. The first-order chi connectivity index (χ1) is 16.9. The molecule has 35 heavy (non-hydrogen) atoms. The first-order valence-electron chi connectivity index (χ1n) is 10.9. The van der Waals surface area contributed by atoms with E-state index in [-0.39, 0.29) is 11.4 Å². The maximum Gasteiger partial charge on any atom is 0.328 e. The summed E-state index contributed by atoms with van der Waals surface area (Å²) in [6, 6.07) is 23.5. The Morgan fingerprint density at radius 2 is 1.37 bits per heavy atom. The van der Waals surface area contributed by atoms with Crippen LogP contribution in [0.1, 0.15) is 5.69 Å². The second-order valence-corrected chi connectivity index (χ2v) is 7.80. The van der Waals surface area contributed by atoms with E-state index in [1.807, 2.05) is 30.3 Å². The Labute approximate surface area is 203 Å². The molecule has 0 atom stereocenters. The van der Waals surface area contributed by atoms with Crippen molar-refractivity contribution >= 4 is 23.0 Å². The van der Waals surface area contributed by atoms with E-state index in [2.05, 4.69) is 10.3 Å². The predicted molar refractivity (Wildman–Crippen MR) is 137 cm³/mol. The predicted octanol–water partition coefficient (Wildman–Crippen LogP) is 4.17. The number of hydrogen-bond donors (Lipinski definition) is 1. The highest BCUT2D eigenvalue weighted by molar-refractivity contribution is 6.49. The van der Waals surface area contributed by atoms with E-state index in [0.29, 0.717) is 34.3 Å². The molecule has 178 valence electrons. The monoisotopic (exact) mass is 470 g/mol. The highest BCUT2D eigenvalue weighted by Gasteiger charge is 2.26. The van der Waals surface area contributed by atoms with Crippen molar-refractivity contribution in [2.75, 3.05) is 19.5 Å². The number of methoxy groups -OCH3 is 2. The topological polar surface area (TPSA) is 86.8 Å². The van der Waals surface area contributed by atoms with Crippen LogP contribution in [0, 0.1) is 0 Å². The van der Waals surface area contributed by atoms with Crippen LogP contribution in [0.25, 0.3) is 11.3 Å². The number of carbonyl (C=O) groups is 1. The van der Waals surface area contributed by atoms with Crippen LogP contribution in [0.4, 0.5) is 11.4 Å². The molecule has 3 aromatic carbocycles. The highest BCUT2D eigenvalue weighted by Crippen LogP contribution is 2.26. The van der Waals surface area contributed by atoms with Crippen molar-refractivity contribution in [1.29, 1.82) is 0 Å². The smallest absolute Gasteiger partial charge is 0.328 e. The molecular formula is C27H26N4O4. The number of benzene rings is 3. The summed E-state index contributed by atoms with van der Waals surface area (Å²) in [6.45, 7) is 0. The van der Waals surface area contributed by atoms with Crippen LogP contribution in [0.5, 0.6) is 11.5 Å². The van der Waals surface area contributed by atoms with Crippen LogP contribution >= 0.6 is 0 Å². The Balaban J connectivity index is 1.88. The fraction of sp³-hybridized carbons (Fsp3) is 0.148. The van der Waals surface area contributed by atoms with Crippen molar-refractivity contribution in [2.45, 2.75) is 0 Å². The third kappa shape index (κ3) is 4.86. The zero-order chi connectivity index (χ0) is 24.9. The van der Waals surface area contributed by atoms with Gasteiger partial charge in [0.25, 0.3) is 5.91 Å². The third-order valence-electron chi connectivity index (χ3n) is 5.62. The number of hydrogen-bond acceptors (Lipinski definition) is 5. The molecule has 1 N–H and O–H groups in total. The van der Waals surface area contributed by atoms with Crippen molar-refractivity contribution in [3.8, 4) is 22.8 Å². The minimum absolute atomic E-state index is 0.102. The van der Waals surface area contributed by atoms with Gasteiger partial charge in [-0.2, -0.15) is 0 Å². The number of ether oxygens (including phenoxy) is 2. The first-order valence-corrected chi connectivity index (χ1v) is 10.9. The summed E-state index contributed by atoms with van der Waals surface area (Å²) in [6.07, 6.45) is 0. The summed E-state index contributed by atoms with van der Waals surface area (Å²) in [5.41, 5.74) is 2.74. The Morgan fingerprint density at radius 1 is 0.800 bits per heavy atom. The molecule has 4 rings (SSSR count). The van der Waals surface area contributed by atoms with Crippen LogP contribution in [0.3, 0.4) is 0 Å². The van der Waals surface area contributed by atoms with E-state index < -0.39 is 5.91 Å². The number of nitrogens with one attached hydrogen (secondary N) is 1. The highest BCUT2D eigenvalue weighted by atomic mass is 16.5. The Hall–Kier alpha value is -4.59. The number of aromatic nitrogens is 2. The summed E-state index contributed by atoms with van der Waals surface area (Å²) < 4.78 is 13.4. The molecule has 8 nitrogen and oxygen atoms in total. The molecular weight excluding hydrogens is 444 g/mol. The van der Waals surface area contributed by atoms with E-state index in [4.69, 9.17) is 9.47 Å². The van der Waals surface area contributed by atoms with Crippen LogP contribution in [0.2, 0.25) is 0 Å². The fourth-order valence-corrected chi connectivity index (χ4v) is 3.79. The summed E-state index contributed by atoms with van der Waals surface area (Å²) in [7, 11) is 6.47. The quantitative estimate of drug-likeness (QED) is 0.411. The molecule has 0 aliphatic rings. The average Bonchev–Trinajstić information content (AvgIpc) is 3.12. The molecule has 4 aromatic rings. The van der Waals surface area contributed by atoms with Crippen molar-refractivity contribution in [3.05, 3.63) is 95.0 Å². The van der Waals surface area contributed by atoms with E-state index in [1.54, 1.807) is 76.8 Å². The van der Waals surface area contributed by atoms with Crippen molar-refractivity contribution in [2.24, 2.45) is 19.1 Å². The lowest BCUT2D eigenvalue weighted by Crippen LogP contribution is -2.28. The van der Waals surface area contributed by atoms with Gasteiger partial charge in [-0.25, -0.2) is 9.79 Å². The molecule has 0 saturated heterocycles. The van der Waals surface area contributed by atoms with Gasteiger partial charge in [-0.1, -0.05) is 30.3 Å². The number of anilines is 1. The molecule has 1 aromatic heterocycles. The summed E-state index contributed by atoms with van der Waals surface area (Å²) >= 11 is 0. The Bertz CT molecular complexity index is 1420. The molecule has 0 radical (unpaired) electrons. The second-order valence-electron chi connectivity index (χ2n) is 7.80. The molecule has 8 heteroatoms. The van der Waals surface area contributed by atoms with E-state index in [9.17, 15) is 9.59 Å². The van der Waals surface area contributed by atoms with Crippen LogP contribution in [0.15, 0.2) is 88.6 Å². The third-order valence-corrected chi connectivity index (χ3v) is 5.62. The fourth-order valence-electron chi connectivity index (χ4n) is 3.79. The summed E-state index contributed by atoms with van der Waals surface area (Å²) in [4.78, 5) is 31.3. The van der Waals surface area contributed by atoms with Crippen LogP contribution < -0.4 is 20.5 Å². The number of carbonyl (C=O) groups excluding carboxylic acids is 1.